The van der Waals surface area contributed by atoms with Gasteiger partial charge in [-0.05, 0) is 64.3 Å². The number of hydrogen-bond donors (Lipinski definition) is 0. The first-order chi connectivity index (χ1) is 18.3. The second-order valence-corrected chi connectivity index (χ2v) is 11.2. The van der Waals surface area contributed by atoms with Gasteiger partial charge in [-0.3, -0.25) is 4.90 Å². The van der Waals surface area contributed by atoms with Crippen LogP contribution in [0.2, 0.25) is 0 Å². The predicted molar refractivity (Wildman–Crippen MR) is 136 cm³/mol. The van der Waals surface area contributed by atoms with Gasteiger partial charge in [-0.15, -0.1) is 5.10 Å². The molecule has 4 heterocycles. The molecule has 0 radical (unpaired) electrons. The van der Waals surface area contributed by atoms with Crippen LogP contribution in [0, 0.1) is 11.3 Å². The minimum Gasteiger partial charge on any atom is -0.444 e. The number of amides is 1. The van der Waals surface area contributed by atoms with Crippen LogP contribution in [0.3, 0.4) is 0 Å². The molecular formula is C27H30F3N7O2. The van der Waals surface area contributed by atoms with E-state index in [1.165, 1.54) is 10.7 Å². The summed E-state index contributed by atoms with van der Waals surface area (Å²) in [5.41, 5.74) is 0.311. The number of hydrogen-bond acceptors (Lipinski definition) is 7. The van der Waals surface area contributed by atoms with E-state index in [1.807, 2.05) is 26.8 Å². The number of alkyl halides is 3. The van der Waals surface area contributed by atoms with Gasteiger partial charge in [0.1, 0.15) is 17.2 Å². The lowest BCUT2D eigenvalue weighted by molar-refractivity contribution is -0.138. The number of fused-ring (bicyclic) bond motifs is 3. The second kappa shape index (κ2) is 9.79. The number of aryl methyl sites for hydroxylation is 2. The Morgan fingerprint density at radius 1 is 1.18 bits per heavy atom. The van der Waals surface area contributed by atoms with Crippen LogP contribution >= 0.6 is 0 Å². The number of piperazine rings is 1. The molecule has 2 unspecified atom stereocenters. The Morgan fingerprint density at radius 2 is 1.95 bits per heavy atom. The molecule has 2 saturated heterocycles. The van der Waals surface area contributed by atoms with E-state index in [0.717, 1.165) is 12.5 Å². The Bertz CT molecular complexity index is 1450. The molecule has 5 rings (SSSR count). The molecule has 206 valence electrons. The number of benzene rings is 1. The largest absolute Gasteiger partial charge is 0.444 e. The van der Waals surface area contributed by atoms with Crippen LogP contribution in [0.5, 0.6) is 0 Å². The van der Waals surface area contributed by atoms with Crippen molar-refractivity contribution < 1.29 is 22.7 Å². The molecule has 2 aromatic heterocycles. The van der Waals surface area contributed by atoms with Crippen molar-refractivity contribution in [3.8, 4) is 17.3 Å². The smallest absolute Gasteiger partial charge is 0.416 e. The Balaban J connectivity index is 1.28. The third kappa shape index (κ3) is 5.41. The van der Waals surface area contributed by atoms with E-state index in [1.54, 1.807) is 24.1 Å². The summed E-state index contributed by atoms with van der Waals surface area (Å²) in [6, 6.07) is 8.03. The van der Waals surface area contributed by atoms with Crippen molar-refractivity contribution in [3.63, 3.8) is 0 Å². The molecule has 0 saturated carbocycles. The van der Waals surface area contributed by atoms with E-state index in [-0.39, 0.29) is 47.1 Å². The van der Waals surface area contributed by atoms with Crippen molar-refractivity contribution in [2.75, 3.05) is 19.6 Å². The minimum atomic E-state index is -4.54. The van der Waals surface area contributed by atoms with Crippen LogP contribution in [0.25, 0.3) is 22.3 Å². The van der Waals surface area contributed by atoms with E-state index >= 15 is 0 Å². The highest BCUT2D eigenvalue weighted by Gasteiger charge is 2.46. The van der Waals surface area contributed by atoms with Gasteiger partial charge in [0.2, 0.25) is 0 Å². The monoisotopic (exact) mass is 541 g/mol. The fourth-order valence-electron chi connectivity index (χ4n) is 5.51. The van der Waals surface area contributed by atoms with E-state index in [0.29, 0.717) is 37.1 Å². The first-order valence-corrected chi connectivity index (χ1v) is 12.9. The van der Waals surface area contributed by atoms with E-state index in [4.69, 9.17) is 4.74 Å². The van der Waals surface area contributed by atoms with Crippen LogP contribution in [-0.4, -0.2) is 73.2 Å². The molecule has 2 fully saturated rings. The lowest BCUT2D eigenvalue weighted by Gasteiger charge is -2.35. The maximum atomic E-state index is 14.1. The van der Waals surface area contributed by atoms with Crippen LogP contribution in [0.4, 0.5) is 18.0 Å². The number of likely N-dealkylation sites (tertiary alicyclic amines) is 2. The number of rotatable bonds is 5. The lowest BCUT2D eigenvalue weighted by Crippen LogP contribution is -2.50. The summed E-state index contributed by atoms with van der Waals surface area (Å²) in [4.78, 5) is 20.8. The second-order valence-electron chi connectivity index (χ2n) is 11.2. The van der Waals surface area contributed by atoms with Gasteiger partial charge in [0.05, 0.1) is 16.8 Å². The summed E-state index contributed by atoms with van der Waals surface area (Å²) in [6.45, 7) is 7.45. The van der Waals surface area contributed by atoms with Crippen molar-refractivity contribution in [3.05, 3.63) is 41.1 Å². The molecule has 3 aromatic rings. The number of halogens is 3. The predicted octanol–water partition coefficient (Wildman–Crippen LogP) is 4.55. The van der Waals surface area contributed by atoms with Crippen LogP contribution in [-0.2, 0) is 24.4 Å². The number of carbonyl (C=O) groups is 1. The third-order valence-electron chi connectivity index (χ3n) is 7.29. The number of pyridine rings is 1. The van der Waals surface area contributed by atoms with Crippen molar-refractivity contribution in [1.82, 2.24) is 29.8 Å². The minimum absolute atomic E-state index is 0.0124. The molecule has 39 heavy (non-hydrogen) atoms. The van der Waals surface area contributed by atoms with Gasteiger partial charge in [-0.25, -0.2) is 14.5 Å². The first-order valence-electron chi connectivity index (χ1n) is 12.9. The highest BCUT2D eigenvalue weighted by molar-refractivity contribution is 5.83. The van der Waals surface area contributed by atoms with Crippen LogP contribution in [0.15, 0.2) is 24.3 Å². The van der Waals surface area contributed by atoms with Gasteiger partial charge in [-0.1, -0.05) is 17.3 Å². The van der Waals surface area contributed by atoms with Crippen molar-refractivity contribution in [2.24, 2.45) is 7.05 Å². The Hall–Kier alpha value is -3.72. The Morgan fingerprint density at radius 3 is 2.59 bits per heavy atom. The highest BCUT2D eigenvalue weighted by atomic mass is 19.4. The van der Waals surface area contributed by atoms with Crippen molar-refractivity contribution in [2.45, 2.75) is 63.9 Å². The van der Waals surface area contributed by atoms with Gasteiger partial charge in [0.25, 0.3) is 0 Å². The van der Waals surface area contributed by atoms with Gasteiger partial charge >= 0.3 is 12.3 Å². The molecule has 2 aliphatic heterocycles. The number of nitriles is 1. The SMILES string of the molecule is Cn1nnc2c(C#N)nc(-c3ccc(CCCN4CC5CC4CN5C(=O)OC(C)(C)C)c(C(F)(F)F)c3)cc21. The average Bonchev–Trinajstić information content (AvgIpc) is 3.56. The number of ether oxygens (including phenoxy) is 1. The molecule has 0 aliphatic carbocycles. The first kappa shape index (κ1) is 26.9. The summed E-state index contributed by atoms with van der Waals surface area (Å²) in [5.74, 6) is 0. The number of aromatic nitrogens is 4. The molecule has 9 nitrogen and oxygen atoms in total. The zero-order valence-corrected chi connectivity index (χ0v) is 22.3. The lowest BCUT2D eigenvalue weighted by atomic mass is 9.97. The molecule has 2 bridgehead atoms. The third-order valence-corrected chi connectivity index (χ3v) is 7.29. The summed E-state index contributed by atoms with van der Waals surface area (Å²) in [7, 11) is 1.64. The standard InChI is InChI=1S/C27H30F3N7O2/c1-26(2,3)39-25(38)37-15-18-11-19(37)14-36(18)9-5-6-16-7-8-17(10-20(16)27(28,29)30)21-12-23-24(22(13-31)32-21)33-34-35(23)4/h7-8,10,12,18-19H,5-6,9,11,14-15H2,1-4H3. The summed E-state index contributed by atoms with van der Waals surface area (Å²) in [6.07, 6.45) is -3.17. The van der Waals surface area contributed by atoms with Crippen LogP contribution in [0.1, 0.15) is 50.4 Å². The van der Waals surface area contributed by atoms with Crippen LogP contribution < -0.4 is 0 Å². The molecular weight excluding hydrogens is 511 g/mol. The highest BCUT2D eigenvalue weighted by Crippen LogP contribution is 2.37. The van der Waals surface area contributed by atoms with Gasteiger partial charge < -0.3 is 9.64 Å². The summed E-state index contributed by atoms with van der Waals surface area (Å²) >= 11 is 0. The maximum Gasteiger partial charge on any atom is 0.416 e. The molecule has 12 heteroatoms. The molecule has 2 aliphatic rings. The molecule has 2 atom stereocenters. The number of nitrogens with zero attached hydrogens (tertiary/aromatic N) is 7. The van der Waals surface area contributed by atoms with E-state index in [2.05, 4.69) is 20.2 Å². The molecule has 1 aromatic carbocycles. The fourth-order valence-corrected chi connectivity index (χ4v) is 5.51. The zero-order valence-electron chi connectivity index (χ0n) is 22.3. The Labute approximate surface area is 224 Å². The number of carbonyl (C=O) groups excluding carboxylic acids is 1. The molecule has 1 amide bonds. The van der Waals surface area contributed by atoms with Gasteiger partial charge in [-0.2, -0.15) is 18.4 Å². The zero-order chi connectivity index (χ0) is 28.1. The summed E-state index contributed by atoms with van der Waals surface area (Å²) < 4.78 is 49.2. The van der Waals surface area contributed by atoms with Gasteiger partial charge in [0, 0.05) is 37.8 Å². The maximum absolute atomic E-state index is 14.1. The Kier molecular flexibility index (Phi) is 6.74. The topological polar surface area (TPSA) is 100 Å². The normalized spacial score (nSPS) is 19.6. The fraction of sp³-hybridized carbons (Fsp3) is 0.519. The van der Waals surface area contributed by atoms with E-state index in [9.17, 15) is 23.2 Å². The quantitative estimate of drug-likeness (QED) is 0.467. The van der Waals surface area contributed by atoms with Crippen molar-refractivity contribution >= 4 is 17.1 Å². The molecule has 0 N–H and O–H groups in total. The van der Waals surface area contributed by atoms with Crippen molar-refractivity contribution in [1.29, 1.82) is 5.26 Å². The molecule has 0 spiro atoms. The van der Waals surface area contributed by atoms with Gasteiger partial charge in [0.15, 0.2) is 5.69 Å². The summed E-state index contributed by atoms with van der Waals surface area (Å²) in [5, 5.41) is 17.3. The average molecular weight is 542 g/mol. The van der Waals surface area contributed by atoms with E-state index < -0.39 is 17.3 Å².